The minimum Gasteiger partial charge on any atom is -0.373 e. The van der Waals surface area contributed by atoms with Gasteiger partial charge in [-0.2, -0.15) is 0 Å². The fraction of sp³-hybridized carbons (Fsp3) is 0.333. The molecule has 0 bridgehead atoms. The fourth-order valence-electron chi connectivity index (χ4n) is 2.99. The Hall–Kier alpha value is -1.80. The van der Waals surface area contributed by atoms with Gasteiger partial charge in [-0.05, 0) is 24.1 Å². The third-order valence-electron chi connectivity index (χ3n) is 4.33. The number of likely N-dealkylation sites (N-methyl/N-ethyl adjacent to an activating group) is 1. The monoisotopic (exact) mass is 266 g/mol. The van der Waals surface area contributed by atoms with E-state index in [4.69, 9.17) is 0 Å². The highest BCUT2D eigenvalue weighted by Crippen LogP contribution is 2.28. The van der Waals surface area contributed by atoms with Crippen molar-refractivity contribution in [3.63, 3.8) is 0 Å². The molecule has 0 amide bonds. The predicted molar refractivity (Wildman–Crippen MR) is 85.0 cm³/mol. The lowest BCUT2D eigenvalue weighted by Crippen LogP contribution is -2.31. The topological polar surface area (TPSA) is 6.48 Å². The van der Waals surface area contributed by atoms with Gasteiger partial charge in [0, 0.05) is 38.4 Å². The number of benzene rings is 2. The maximum absolute atomic E-state index is 2.57. The smallest absolute Gasteiger partial charge is 0.0409 e. The molecule has 0 radical (unpaired) electrons. The van der Waals surface area contributed by atoms with Gasteiger partial charge < -0.3 is 4.90 Å². The zero-order valence-electron chi connectivity index (χ0n) is 12.3. The van der Waals surface area contributed by atoms with E-state index in [1.54, 1.807) is 0 Å². The lowest BCUT2D eigenvalue weighted by Gasteiger charge is -2.28. The Morgan fingerprint density at radius 2 is 1.60 bits per heavy atom. The van der Waals surface area contributed by atoms with Crippen molar-refractivity contribution in [2.24, 2.45) is 0 Å². The van der Waals surface area contributed by atoms with Crippen LogP contribution in [0.3, 0.4) is 0 Å². The van der Waals surface area contributed by atoms with Gasteiger partial charge in [0.05, 0.1) is 0 Å². The first kappa shape index (κ1) is 13.2. The quantitative estimate of drug-likeness (QED) is 0.818. The summed E-state index contributed by atoms with van der Waals surface area (Å²) in [6.45, 7) is 5.51. The molecule has 3 rings (SSSR count). The summed E-state index contributed by atoms with van der Waals surface area (Å²) in [4.78, 5) is 4.94. The predicted octanol–water partition coefficient (Wildman–Crippen LogP) is 3.70. The maximum Gasteiger partial charge on any atom is 0.0409 e. The third kappa shape index (κ3) is 2.56. The Morgan fingerprint density at radius 1 is 0.900 bits per heavy atom. The SMILES string of the molecule is C[C@H](c1ccccc1)N1CCN(C)c2ccccc2C1. The van der Waals surface area contributed by atoms with Crippen molar-refractivity contribution in [2.75, 3.05) is 25.0 Å². The number of hydrogen-bond acceptors (Lipinski definition) is 2. The zero-order valence-corrected chi connectivity index (χ0v) is 12.3. The molecule has 0 aliphatic carbocycles. The molecule has 1 aliphatic rings. The summed E-state index contributed by atoms with van der Waals surface area (Å²) in [7, 11) is 2.19. The number of hydrogen-bond donors (Lipinski definition) is 0. The van der Waals surface area contributed by atoms with Gasteiger partial charge in [-0.1, -0.05) is 48.5 Å². The molecular weight excluding hydrogens is 244 g/mol. The van der Waals surface area contributed by atoms with Crippen LogP contribution in [0.15, 0.2) is 54.6 Å². The molecule has 0 N–H and O–H groups in total. The van der Waals surface area contributed by atoms with Crippen LogP contribution in [0.4, 0.5) is 5.69 Å². The average Bonchev–Trinajstić information content (AvgIpc) is 2.67. The number of anilines is 1. The Bertz CT molecular complexity index is 565. The molecule has 20 heavy (non-hydrogen) atoms. The number of nitrogens with zero attached hydrogens (tertiary/aromatic N) is 2. The van der Waals surface area contributed by atoms with Crippen molar-refractivity contribution in [2.45, 2.75) is 19.5 Å². The molecule has 0 spiro atoms. The van der Waals surface area contributed by atoms with Crippen LogP contribution in [-0.2, 0) is 6.54 Å². The highest BCUT2D eigenvalue weighted by Gasteiger charge is 2.21. The van der Waals surface area contributed by atoms with Crippen LogP contribution in [0, 0.1) is 0 Å². The molecule has 0 fully saturated rings. The summed E-state index contributed by atoms with van der Waals surface area (Å²) in [5.74, 6) is 0. The Labute approximate surface area is 121 Å². The van der Waals surface area contributed by atoms with E-state index in [0.717, 1.165) is 19.6 Å². The molecule has 1 heterocycles. The zero-order chi connectivity index (χ0) is 13.9. The van der Waals surface area contributed by atoms with Crippen LogP contribution in [0.2, 0.25) is 0 Å². The minimum absolute atomic E-state index is 0.454. The third-order valence-corrected chi connectivity index (χ3v) is 4.33. The fourth-order valence-corrected chi connectivity index (χ4v) is 2.99. The van der Waals surface area contributed by atoms with Crippen molar-refractivity contribution in [1.29, 1.82) is 0 Å². The second-order valence-electron chi connectivity index (χ2n) is 5.61. The second-order valence-corrected chi connectivity index (χ2v) is 5.61. The van der Waals surface area contributed by atoms with E-state index in [1.807, 2.05) is 0 Å². The van der Waals surface area contributed by atoms with E-state index in [0.29, 0.717) is 6.04 Å². The van der Waals surface area contributed by atoms with Crippen LogP contribution in [0.1, 0.15) is 24.1 Å². The van der Waals surface area contributed by atoms with E-state index >= 15 is 0 Å². The number of rotatable bonds is 2. The van der Waals surface area contributed by atoms with Crippen molar-refractivity contribution in [3.05, 3.63) is 65.7 Å². The molecular formula is C18H22N2. The van der Waals surface area contributed by atoms with Crippen LogP contribution >= 0.6 is 0 Å². The van der Waals surface area contributed by atoms with E-state index < -0.39 is 0 Å². The van der Waals surface area contributed by atoms with E-state index in [1.165, 1.54) is 16.8 Å². The molecule has 2 nitrogen and oxygen atoms in total. The van der Waals surface area contributed by atoms with Gasteiger partial charge in [0.1, 0.15) is 0 Å². The summed E-state index contributed by atoms with van der Waals surface area (Å²) >= 11 is 0. The van der Waals surface area contributed by atoms with E-state index in [-0.39, 0.29) is 0 Å². The maximum atomic E-state index is 2.57. The van der Waals surface area contributed by atoms with Gasteiger partial charge in [-0.25, -0.2) is 0 Å². The van der Waals surface area contributed by atoms with E-state index in [2.05, 4.69) is 78.4 Å². The molecule has 104 valence electrons. The Morgan fingerprint density at radius 3 is 2.40 bits per heavy atom. The second kappa shape index (κ2) is 5.68. The average molecular weight is 266 g/mol. The summed E-state index contributed by atoms with van der Waals surface area (Å²) in [5, 5.41) is 0. The van der Waals surface area contributed by atoms with Gasteiger partial charge in [0.15, 0.2) is 0 Å². The summed E-state index contributed by atoms with van der Waals surface area (Å²) in [5.41, 5.74) is 4.19. The van der Waals surface area contributed by atoms with Crippen LogP contribution in [-0.4, -0.2) is 25.0 Å². The standard InChI is InChI=1S/C18H22N2/c1-15(16-8-4-3-5-9-16)20-13-12-19(2)18-11-7-6-10-17(18)14-20/h3-11,15H,12-14H2,1-2H3/t15-/m1/s1. The molecule has 0 saturated heterocycles. The lowest BCUT2D eigenvalue weighted by atomic mass is 10.1. The number of para-hydroxylation sites is 1. The van der Waals surface area contributed by atoms with Crippen molar-refractivity contribution < 1.29 is 0 Å². The molecule has 0 saturated carbocycles. The molecule has 0 unspecified atom stereocenters. The van der Waals surface area contributed by atoms with Crippen LogP contribution < -0.4 is 4.90 Å². The first-order valence-electron chi connectivity index (χ1n) is 7.34. The summed E-state index contributed by atoms with van der Waals surface area (Å²) in [6.07, 6.45) is 0. The largest absolute Gasteiger partial charge is 0.373 e. The molecule has 2 aromatic rings. The van der Waals surface area contributed by atoms with E-state index in [9.17, 15) is 0 Å². The van der Waals surface area contributed by atoms with Crippen molar-refractivity contribution in [1.82, 2.24) is 4.90 Å². The van der Waals surface area contributed by atoms with Crippen molar-refractivity contribution >= 4 is 5.69 Å². The first-order chi connectivity index (χ1) is 9.75. The summed E-state index contributed by atoms with van der Waals surface area (Å²) in [6, 6.07) is 20.0. The highest BCUT2D eigenvalue weighted by atomic mass is 15.2. The van der Waals surface area contributed by atoms with Crippen LogP contribution in [0.5, 0.6) is 0 Å². The van der Waals surface area contributed by atoms with Gasteiger partial charge in [0.25, 0.3) is 0 Å². The minimum atomic E-state index is 0.454. The van der Waals surface area contributed by atoms with Crippen LogP contribution in [0.25, 0.3) is 0 Å². The first-order valence-corrected chi connectivity index (χ1v) is 7.34. The molecule has 2 heteroatoms. The Kier molecular flexibility index (Phi) is 3.75. The molecule has 0 aromatic heterocycles. The van der Waals surface area contributed by atoms with Crippen molar-refractivity contribution in [3.8, 4) is 0 Å². The van der Waals surface area contributed by atoms with Gasteiger partial charge >= 0.3 is 0 Å². The molecule has 2 aromatic carbocycles. The molecule has 1 atom stereocenters. The van der Waals surface area contributed by atoms with Gasteiger partial charge in [-0.3, -0.25) is 4.90 Å². The number of fused-ring (bicyclic) bond motifs is 1. The van der Waals surface area contributed by atoms with Gasteiger partial charge in [-0.15, -0.1) is 0 Å². The summed E-state index contributed by atoms with van der Waals surface area (Å²) < 4.78 is 0. The normalized spacial score (nSPS) is 17.4. The lowest BCUT2D eigenvalue weighted by molar-refractivity contribution is 0.211. The highest BCUT2D eigenvalue weighted by molar-refractivity contribution is 5.53. The Balaban J connectivity index is 1.86. The van der Waals surface area contributed by atoms with Gasteiger partial charge in [0.2, 0.25) is 0 Å². The molecule has 1 aliphatic heterocycles.